The van der Waals surface area contributed by atoms with Gasteiger partial charge in [0.2, 0.25) is 0 Å². The minimum Gasteiger partial charge on any atom is -0.486 e. The molecule has 180 valence electrons. The van der Waals surface area contributed by atoms with Crippen molar-refractivity contribution in [3.8, 4) is 11.5 Å². The largest absolute Gasteiger partial charge is 0.486 e. The van der Waals surface area contributed by atoms with Gasteiger partial charge in [-0.15, -0.1) is 5.10 Å². The van der Waals surface area contributed by atoms with Crippen molar-refractivity contribution in [2.45, 2.75) is 31.8 Å². The van der Waals surface area contributed by atoms with Crippen LogP contribution in [0.1, 0.15) is 42.3 Å². The van der Waals surface area contributed by atoms with Gasteiger partial charge >= 0.3 is 0 Å². The van der Waals surface area contributed by atoms with E-state index in [0.717, 1.165) is 43.3 Å². The van der Waals surface area contributed by atoms with Gasteiger partial charge in [0.25, 0.3) is 5.56 Å². The van der Waals surface area contributed by atoms with Crippen LogP contribution in [0.5, 0.6) is 11.5 Å². The molecule has 2 aromatic heterocycles. The minimum atomic E-state index is -0.424. The van der Waals surface area contributed by atoms with Crippen LogP contribution < -0.4 is 15.0 Å². The summed E-state index contributed by atoms with van der Waals surface area (Å²) in [6.07, 6.45) is 3.24. The molecule has 0 spiro atoms. The van der Waals surface area contributed by atoms with Crippen molar-refractivity contribution < 1.29 is 13.9 Å². The zero-order valence-corrected chi connectivity index (χ0v) is 19.1. The summed E-state index contributed by atoms with van der Waals surface area (Å²) in [7, 11) is 0. The zero-order valence-electron chi connectivity index (χ0n) is 19.1. The van der Waals surface area contributed by atoms with E-state index in [0.29, 0.717) is 48.2 Å². The first-order valence-electron chi connectivity index (χ1n) is 11.9. The fourth-order valence-corrected chi connectivity index (χ4v) is 4.92. The number of benzene rings is 2. The third-order valence-electron chi connectivity index (χ3n) is 6.64. The number of hydrogen-bond acceptors (Lipinski definition) is 7. The highest BCUT2D eigenvalue weighted by Crippen LogP contribution is 2.35. The van der Waals surface area contributed by atoms with E-state index in [2.05, 4.69) is 25.4 Å². The second-order valence-electron chi connectivity index (χ2n) is 8.96. The molecule has 0 radical (unpaired) electrons. The fourth-order valence-electron chi connectivity index (χ4n) is 4.92. The van der Waals surface area contributed by atoms with Crippen LogP contribution in [0.3, 0.4) is 0 Å². The van der Waals surface area contributed by atoms with Crippen molar-refractivity contribution in [1.29, 1.82) is 0 Å². The van der Waals surface area contributed by atoms with Crippen LogP contribution >= 0.6 is 0 Å². The van der Waals surface area contributed by atoms with E-state index in [1.165, 1.54) is 12.1 Å². The smallest absolute Gasteiger partial charge is 0.253 e. The van der Waals surface area contributed by atoms with Crippen molar-refractivity contribution in [1.82, 2.24) is 30.1 Å². The van der Waals surface area contributed by atoms with E-state index in [1.807, 2.05) is 18.2 Å². The molecule has 10 heteroatoms. The Bertz CT molecular complexity index is 1410. The van der Waals surface area contributed by atoms with Gasteiger partial charge in [-0.2, -0.15) is 0 Å². The van der Waals surface area contributed by atoms with Crippen molar-refractivity contribution in [3.05, 3.63) is 75.6 Å². The van der Waals surface area contributed by atoms with Crippen LogP contribution in [0.2, 0.25) is 0 Å². The number of likely N-dealkylation sites (tertiary alicyclic amines) is 1. The van der Waals surface area contributed by atoms with Crippen LogP contribution in [-0.2, 0) is 6.54 Å². The summed E-state index contributed by atoms with van der Waals surface area (Å²) in [4.78, 5) is 18.7. The first kappa shape index (κ1) is 21.7. The number of halogens is 1. The predicted molar refractivity (Wildman–Crippen MR) is 126 cm³/mol. The SMILES string of the molecule is O=c1[nH]c2cc3c(cc2cc1[C@@H](c1nnnn1Cc1ccc(F)cc1)N1CCCCC1)OCCO3. The molecule has 1 fully saturated rings. The molecule has 1 atom stereocenters. The third kappa shape index (κ3) is 4.25. The van der Waals surface area contributed by atoms with E-state index < -0.39 is 6.04 Å². The highest BCUT2D eigenvalue weighted by Gasteiger charge is 2.31. The maximum absolute atomic E-state index is 13.4. The van der Waals surface area contributed by atoms with E-state index in [9.17, 15) is 9.18 Å². The monoisotopic (exact) mass is 476 g/mol. The predicted octanol–water partition coefficient (Wildman–Crippen LogP) is 3.05. The Balaban J connectivity index is 1.45. The Kier molecular flexibility index (Phi) is 5.65. The van der Waals surface area contributed by atoms with Crippen LogP contribution in [0.15, 0.2) is 47.3 Å². The molecule has 0 bridgehead atoms. The van der Waals surface area contributed by atoms with E-state index in [-0.39, 0.29) is 11.4 Å². The molecule has 4 heterocycles. The number of piperidine rings is 1. The number of aromatic amines is 1. The Morgan fingerprint density at radius 3 is 2.51 bits per heavy atom. The van der Waals surface area contributed by atoms with Crippen LogP contribution in [0.4, 0.5) is 4.39 Å². The highest BCUT2D eigenvalue weighted by molar-refractivity contribution is 5.83. The summed E-state index contributed by atoms with van der Waals surface area (Å²) in [5, 5.41) is 13.4. The average molecular weight is 477 g/mol. The first-order valence-corrected chi connectivity index (χ1v) is 11.9. The van der Waals surface area contributed by atoms with E-state index in [4.69, 9.17) is 9.47 Å². The number of ether oxygens (including phenoxy) is 2. The number of pyridine rings is 1. The Morgan fingerprint density at radius 2 is 1.74 bits per heavy atom. The van der Waals surface area contributed by atoms with Gasteiger partial charge in [0.15, 0.2) is 17.3 Å². The van der Waals surface area contributed by atoms with Gasteiger partial charge in [-0.1, -0.05) is 18.6 Å². The highest BCUT2D eigenvalue weighted by atomic mass is 19.1. The molecule has 2 aromatic carbocycles. The lowest BCUT2D eigenvalue weighted by atomic mass is 10.00. The van der Waals surface area contributed by atoms with Crippen molar-refractivity contribution in [2.24, 2.45) is 0 Å². The van der Waals surface area contributed by atoms with Gasteiger partial charge in [-0.3, -0.25) is 9.69 Å². The quantitative estimate of drug-likeness (QED) is 0.473. The summed E-state index contributed by atoms with van der Waals surface area (Å²) in [5.74, 6) is 1.58. The maximum Gasteiger partial charge on any atom is 0.253 e. The van der Waals surface area contributed by atoms with E-state index in [1.54, 1.807) is 16.8 Å². The standard InChI is InChI=1S/C25H25FN6O3/c26-18-6-4-16(5-7-18)15-32-24(28-29-30-32)23(31-8-2-1-3-9-31)19-12-17-13-21-22(35-11-10-34-21)14-20(17)27-25(19)33/h4-7,12-14,23H,1-3,8-11,15H2,(H,27,33)/t23-/m0/s1. The lowest BCUT2D eigenvalue weighted by molar-refractivity contribution is 0.172. The van der Waals surface area contributed by atoms with Gasteiger partial charge in [0, 0.05) is 17.0 Å². The van der Waals surface area contributed by atoms with Crippen LogP contribution in [0, 0.1) is 5.82 Å². The fraction of sp³-hybridized carbons (Fsp3) is 0.360. The van der Waals surface area contributed by atoms with Gasteiger partial charge in [-0.05, 0) is 66.2 Å². The van der Waals surface area contributed by atoms with Crippen molar-refractivity contribution in [3.63, 3.8) is 0 Å². The normalized spacial score (nSPS) is 16.9. The average Bonchev–Trinajstić information content (AvgIpc) is 3.33. The third-order valence-corrected chi connectivity index (χ3v) is 6.64. The number of nitrogens with one attached hydrogen (secondary N) is 1. The van der Waals surface area contributed by atoms with Gasteiger partial charge in [-0.25, -0.2) is 9.07 Å². The number of hydrogen-bond donors (Lipinski definition) is 1. The van der Waals surface area contributed by atoms with Crippen LogP contribution in [-0.4, -0.2) is 56.4 Å². The molecule has 35 heavy (non-hydrogen) atoms. The lowest BCUT2D eigenvalue weighted by Gasteiger charge is -2.33. The molecule has 0 saturated carbocycles. The summed E-state index contributed by atoms with van der Waals surface area (Å²) < 4.78 is 26.5. The number of nitrogens with zero attached hydrogens (tertiary/aromatic N) is 5. The summed E-state index contributed by atoms with van der Waals surface area (Å²) in [6.45, 7) is 3.02. The lowest BCUT2D eigenvalue weighted by Crippen LogP contribution is -2.38. The Labute approximate surface area is 200 Å². The maximum atomic E-state index is 13.4. The number of rotatable bonds is 5. The molecule has 2 aliphatic rings. The number of tetrazole rings is 1. The number of H-pyrrole nitrogens is 1. The summed E-state index contributed by atoms with van der Waals surface area (Å²) in [5.41, 5.74) is 1.94. The molecular weight excluding hydrogens is 451 g/mol. The Morgan fingerprint density at radius 1 is 1.00 bits per heavy atom. The second-order valence-corrected chi connectivity index (χ2v) is 8.96. The first-order chi connectivity index (χ1) is 17.2. The molecule has 0 unspecified atom stereocenters. The summed E-state index contributed by atoms with van der Waals surface area (Å²) in [6, 6.07) is 11.5. The van der Waals surface area contributed by atoms with Crippen molar-refractivity contribution in [2.75, 3.05) is 26.3 Å². The zero-order chi connectivity index (χ0) is 23.8. The van der Waals surface area contributed by atoms with Gasteiger partial charge < -0.3 is 14.5 Å². The van der Waals surface area contributed by atoms with E-state index >= 15 is 0 Å². The van der Waals surface area contributed by atoms with Gasteiger partial charge in [0.05, 0.1) is 12.1 Å². The summed E-state index contributed by atoms with van der Waals surface area (Å²) >= 11 is 0. The molecule has 0 amide bonds. The minimum absolute atomic E-state index is 0.193. The molecular formula is C25H25FN6O3. The molecule has 6 rings (SSSR count). The molecule has 9 nitrogen and oxygen atoms in total. The molecule has 4 aromatic rings. The topological polar surface area (TPSA) is 98.2 Å². The van der Waals surface area contributed by atoms with Crippen molar-refractivity contribution >= 4 is 10.9 Å². The molecule has 2 aliphatic heterocycles. The molecule has 1 saturated heterocycles. The van der Waals surface area contributed by atoms with Crippen LogP contribution in [0.25, 0.3) is 10.9 Å². The molecule has 0 aliphatic carbocycles. The van der Waals surface area contributed by atoms with Gasteiger partial charge in [0.1, 0.15) is 25.1 Å². The Hall–Kier alpha value is -3.79. The molecule has 1 N–H and O–H groups in total. The number of fused-ring (bicyclic) bond motifs is 2. The second kappa shape index (κ2) is 9.10. The number of aromatic nitrogens is 5.